The van der Waals surface area contributed by atoms with Gasteiger partial charge in [-0.15, -0.1) is 0 Å². The number of carbonyl (C=O) groups is 1. The maximum Gasteiger partial charge on any atom is 0.248 e. The van der Waals surface area contributed by atoms with Crippen molar-refractivity contribution in [2.75, 3.05) is 33.4 Å². The van der Waals surface area contributed by atoms with Gasteiger partial charge in [-0.1, -0.05) is 30.3 Å². The van der Waals surface area contributed by atoms with E-state index in [0.29, 0.717) is 12.1 Å². The molecule has 1 amide bonds. The topological polar surface area (TPSA) is 32.8 Å². The average molecular weight is 290 g/mol. The molecule has 0 unspecified atom stereocenters. The SMILES string of the molecule is CCN(C(=O)COC)[C@H]1CCN([C@@H](C)c2ccccc2)C1. The van der Waals surface area contributed by atoms with Crippen LogP contribution in [-0.4, -0.2) is 55.1 Å². The van der Waals surface area contributed by atoms with Crippen LogP contribution in [0.4, 0.5) is 0 Å². The Morgan fingerprint density at radius 2 is 2.14 bits per heavy atom. The molecule has 1 aromatic carbocycles. The van der Waals surface area contributed by atoms with E-state index in [4.69, 9.17) is 4.74 Å². The highest BCUT2D eigenvalue weighted by Gasteiger charge is 2.32. The van der Waals surface area contributed by atoms with Crippen LogP contribution in [0.1, 0.15) is 31.9 Å². The molecule has 21 heavy (non-hydrogen) atoms. The van der Waals surface area contributed by atoms with Crippen molar-refractivity contribution < 1.29 is 9.53 Å². The van der Waals surface area contributed by atoms with Crippen molar-refractivity contribution >= 4 is 5.91 Å². The first-order valence-electron chi connectivity index (χ1n) is 7.74. The number of likely N-dealkylation sites (N-methyl/N-ethyl adjacent to an activating group) is 1. The van der Waals surface area contributed by atoms with E-state index in [2.05, 4.69) is 36.1 Å². The summed E-state index contributed by atoms with van der Waals surface area (Å²) in [6.07, 6.45) is 1.04. The third-order valence-electron chi connectivity index (χ3n) is 4.39. The second kappa shape index (κ2) is 7.57. The number of benzene rings is 1. The van der Waals surface area contributed by atoms with Crippen molar-refractivity contribution in [2.45, 2.75) is 32.4 Å². The van der Waals surface area contributed by atoms with Gasteiger partial charge in [-0.05, 0) is 25.8 Å². The summed E-state index contributed by atoms with van der Waals surface area (Å²) in [5.74, 6) is 0.0965. The lowest BCUT2D eigenvalue weighted by Gasteiger charge is -2.29. The highest BCUT2D eigenvalue weighted by Crippen LogP contribution is 2.26. The van der Waals surface area contributed by atoms with Gasteiger partial charge in [-0.25, -0.2) is 0 Å². The number of hydrogen-bond donors (Lipinski definition) is 0. The Labute approximate surface area is 127 Å². The zero-order valence-corrected chi connectivity index (χ0v) is 13.3. The van der Waals surface area contributed by atoms with E-state index in [1.165, 1.54) is 5.56 Å². The molecule has 0 spiro atoms. The largest absolute Gasteiger partial charge is 0.375 e. The molecule has 4 heteroatoms. The lowest BCUT2D eigenvalue weighted by atomic mass is 10.1. The smallest absolute Gasteiger partial charge is 0.248 e. The summed E-state index contributed by atoms with van der Waals surface area (Å²) in [6.45, 7) is 7.19. The number of amides is 1. The Balaban J connectivity index is 1.97. The molecule has 0 radical (unpaired) electrons. The third-order valence-corrected chi connectivity index (χ3v) is 4.39. The number of rotatable bonds is 6. The van der Waals surface area contributed by atoms with E-state index in [1.807, 2.05) is 17.9 Å². The molecule has 1 aromatic rings. The van der Waals surface area contributed by atoms with Crippen molar-refractivity contribution in [3.05, 3.63) is 35.9 Å². The molecule has 1 aliphatic rings. The molecule has 4 nitrogen and oxygen atoms in total. The van der Waals surface area contributed by atoms with E-state index < -0.39 is 0 Å². The first-order valence-corrected chi connectivity index (χ1v) is 7.74. The lowest BCUT2D eigenvalue weighted by Crippen LogP contribution is -2.43. The van der Waals surface area contributed by atoms with Gasteiger partial charge in [0.25, 0.3) is 0 Å². The van der Waals surface area contributed by atoms with Crippen molar-refractivity contribution in [1.82, 2.24) is 9.80 Å². The van der Waals surface area contributed by atoms with Crippen LogP contribution in [0.25, 0.3) is 0 Å². The van der Waals surface area contributed by atoms with Gasteiger partial charge < -0.3 is 9.64 Å². The van der Waals surface area contributed by atoms with Crippen LogP contribution in [0.2, 0.25) is 0 Å². The van der Waals surface area contributed by atoms with Gasteiger partial charge in [-0.2, -0.15) is 0 Å². The van der Waals surface area contributed by atoms with Crippen LogP contribution < -0.4 is 0 Å². The molecular weight excluding hydrogens is 264 g/mol. The minimum Gasteiger partial charge on any atom is -0.375 e. The zero-order chi connectivity index (χ0) is 15.2. The normalized spacial score (nSPS) is 20.4. The molecule has 1 saturated heterocycles. The van der Waals surface area contributed by atoms with Gasteiger partial charge in [0.15, 0.2) is 0 Å². The Hall–Kier alpha value is -1.39. The minimum atomic E-state index is 0.0965. The number of methoxy groups -OCH3 is 1. The first-order chi connectivity index (χ1) is 10.2. The fourth-order valence-electron chi connectivity index (χ4n) is 3.16. The standard InChI is InChI=1S/C17H26N2O2/c1-4-19(17(20)13-21-3)16-10-11-18(12-16)14(2)15-8-6-5-7-9-15/h5-9,14,16H,4,10-13H2,1-3H3/t14-,16-/m0/s1. The second-order valence-electron chi connectivity index (χ2n) is 5.64. The number of carbonyl (C=O) groups excluding carboxylic acids is 1. The maximum absolute atomic E-state index is 12.1. The predicted octanol–water partition coefficient (Wildman–Crippen LogP) is 2.32. The highest BCUT2D eigenvalue weighted by molar-refractivity contribution is 5.77. The Kier molecular flexibility index (Phi) is 5.76. The zero-order valence-electron chi connectivity index (χ0n) is 13.3. The summed E-state index contributed by atoms with van der Waals surface area (Å²) in [7, 11) is 1.57. The summed E-state index contributed by atoms with van der Waals surface area (Å²) in [4.78, 5) is 16.5. The molecule has 0 saturated carbocycles. The van der Waals surface area contributed by atoms with Crippen LogP contribution in [0.3, 0.4) is 0 Å². The summed E-state index contributed by atoms with van der Waals surface area (Å²) in [5, 5.41) is 0. The van der Waals surface area contributed by atoms with Gasteiger partial charge in [0.2, 0.25) is 5.91 Å². The summed E-state index contributed by atoms with van der Waals surface area (Å²) in [5.41, 5.74) is 1.34. The second-order valence-corrected chi connectivity index (χ2v) is 5.64. The Morgan fingerprint density at radius 3 is 2.76 bits per heavy atom. The molecule has 0 N–H and O–H groups in total. The molecule has 1 heterocycles. The van der Waals surface area contributed by atoms with E-state index in [0.717, 1.165) is 26.1 Å². The number of hydrogen-bond acceptors (Lipinski definition) is 3. The van der Waals surface area contributed by atoms with Crippen LogP contribution in [0.5, 0.6) is 0 Å². The van der Waals surface area contributed by atoms with Crippen molar-refractivity contribution in [3.8, 4) is 0 Å². The summed E-state index contributed by atoms with van der Waals surface area (Å²) < 4.78 is 4.98. The molecule has 0 aliphatic carbocycles. The van der Waals surface area contributed by atoms with Gasteiger partial charge in [0.1, 0.15) is 6.61 Å². The Morgan fingerprint density at radius 1 is 1.43 bits per heavy atom. The van der Waals surface area contributed by atoms with E-state index in [1.54, 1.807) is 7.11 Å². The highest BCUT2D eigenvalue weighted by atomic mass is 16.5. The molecule has 2 atom stereocenters. The molecule has 2 rings (SSSR count). The fraction of sp³-hybridized carbons (Fsp3) is 0.588. The van der Waals surface area contributed by atoms with Crippen LogP contribution in [0, 0.1) is 0 Å². The van der Waals surface area contributed by atoms with Gasteiger partial charge in [-0.3, -0.25) is 9.69 Å². The van der Waals surface area contributed by atoms with E-state index in [-0.39, 0.29) is 12.5 Å². The predicted molar refractivity (Wildman–Crippen MR) is 84.1 cm³/mol. The van der Waals surface area contributed by atoms with Crippen LogP contribution in [0.15, 0.2) is 30.3 Å². The van der Waals surface area contributed by atoms with E-state index in [9.17, 15) is 4.79 Å². The van der Waals surface area contributed by atoms with Gasteiger partial charge >= 0.3 is 0 Å². The van der Waals surface area contributed by atoms with Gasteiger partial charge in [0, 0.05) is 38.8 Å². The van der Waals surface area contributed by atoms with Crippen LogP contribution >= 0.6 is 0 Å². The molecular formula is C17H26N2O2. The molecule has 1 fully saturated rings. The molecule has 116 valence electrons. The van der Waals surface area contributed by atoms with Crippen molar-refractivity contribution in [3.63, 3.8) is 0 Å². The molecule has 0 aromatic heterocycles. The third kappa shape index (κ3) is 3.83. The molecule has 1 aliphatic heterocycles. The van der Waals surface area contributed by atoms with Crippen LogP contribution in [-0.2, 0) is 9.53 Å². The minimum absolute atomic E-state index is 0.0965. The summed E-state index contributed by atoms with van der Waals surface area (Å²) in [6, 6.07) is 11.3. The van der Waals surface area contributed by atoms with Crippen molar-refractivity contribution in [1.29, 1.82) is 0 Å². The molecule has 0 bridgehead atoms. The number of likely N-dealkylation sites (tertiary alicyclic amines) is 1. The van der Waals surface area contributed by atoms with Gasteiger partial charge in [0.05, 0.1) is 0 Å². The van der Waals surface area contributed by atoms with E-state index >= 15 is 0 Å². The number of ether oxygens (including phenoxy) is 1. The fourth-order valence-corrected chi connectivity index (χ4v) is 3.16. The summed E-state index contributed by atoms with van der Waals surface area (Å²) >= 11 is 0. The monoisotopic (exact) mass is 290 g/mol. The van der Waals surface area contributed by atoms with Crippen molar-refractivity contribution in [2.24, 2.45) is 0 Å². The Bertz CT molecular complexity index is 449. The number of nitrogens with zero attached hydrogens (tertiary/aromatic N) is 2. The first kappa shape index (κ1) is 16.0. The average Bonchev–Trinajstić information content (AvgIpc) is 2.98. The quantitative estimate of drug-likeness (QED) is 0.806. The lowest BCUT2D eigenvalue weighted by molar-refractivity contribution is -0.137. The maximum atomic E-state index is 12.1.